The van der Waals surface area contributed by atoms with Gasteiger partial charge < -0.3 is 10.3 Å². The summed E-state index contributed by atoms with van der Waals surface area (Å²) in [6.07, 6.45) is 3.75. The van der Waals surface area contributed by atoms with Gasteiger partial charge in [-0.15, -0.1) is 0 Å². The van der Waals surface area contributed by atoms with Gasteiger partial charge in [-0.1, -0.05) is 11.6 Å². The third-order valence-electron chi connectivity index (χ3n) is 3.49. The van der Waals surface area contributed by atoms with Crippen molar-refractivity contribution < 1.29 is 4.52 Å². The van der Waals surface area contributed by atoms with E-state index in [1.807, 2.05) is 13.0 Å². The van der Waals surface area contributed by atoms with E-state index in [-0.39, 0.29) is 0 Å². The number of nitrogens with zero attached hydrogens (tertiary/aromatic N) is 2. The van der Waals surface area contributed by atoms with Crippen LogP contribution in [0.2, 0.25) is 0 Å². The van der Waals surface area contributed by atoms with Gasteiger partial charge in [-0.25, -0.2) is 0 Å². The number of rotatable bonds is 3. The number of aromatic nitrogens is 1. The summed E-state index contributed by atoms with van der Waals surface area (Å²) in [6, 6.07) is 3.11. The van der Waals surface area contributed by atoms with Crippen molar-refractivity contribution in [1.82, 2.24) is 10.1 Å². The maximum atomic E-state index is 5.83. The molecule has 0 aromatic carbocycles. The molecule has 2 rings (SSSR count). The molecule has 0 radical (unpaired) electrons. The van der Waals surface area contributed by atoms with Crippen LogP contribution in [0.5, 0.6) is 0 Å². The van der Waals surface area contributed by atoms with E-state index in [0.717, 1.165) is 24.5 Å². The predicted molar refractivity (Wildman–Crippen MR) is 62.9 cm³/mol. The molecule has 0 saturated carbocycles. The van der Waals surface area contributed by atoms with Crippen LogP contribution in [0.25, 0.3) is 0 Å². The van der Waals surface area contributed by atoms with E-state index < -0.39 is 0 Å². The molecule has 1 aromatic rings. The van der Waals surface area contributed by atoms with Crippen LogP contribution in [0, 0.1) is 6.92 Å². The Bertz CT molecular complexity index is 337. The van der Waals surface area contributed by atoms with E-state index >= 15 is 0 Å². The van der Waals surface area contributed by atoms with Gasteiger partial charge in [0.2, 0.25) is 0 Å². The topological polar surface area (TPSA) is 55.3 Å². The number of nitrogens with two attached hydrogens (primary N) is 1. The lowest BCUT2D eigenvalue weighted by Crippen LogP contribution is -2.48. The van der Waals surface area contributed by atoms with E-state index in [1.54, 1.807) is 0 Å². The predicted octanol–water partition coefficient (Wildman–Crippen LogP) is 1.68. The van der Waals surface area contributed by atoms with Crippen molar-refractivity contribution in [2.24, 2.45) is 5.73 Å². The van der Waals surface area contributed by atoms with Crippen molar-refractivity contribution >= 4 is 0 Å². The van der Waals surface area contributed by atoms with Gasteiger partial charge in [0.25, 0.3) is 0 Å². The van der Waals surface area contributed by atoms with Crippen LogP contribution < -0.4 is 5.73 Å². The van der Waals surface area contributed by atoms with Gasteiger partial charge >= 0.3 is 0 Å². The Balaban J connectivity index is 2.05. The average Bonchev–Trinajstić information content (AvgIpc) is 2.67. The summed E-state index contributed by atoms with van der Waals surface area (Å²) in [5.74, 6) is 0.879. The molecular formula is C12H21N3O. The lowest BCUT2D eigenvalue weighted by Gasteiger charge is -2.39. The molecule has 4 nitrogen and oxygen atoms in total. The van der Waals surface area contributed by atoms with Crippen molar-refractivity contribution in [2.75, 3.05) is 6.54 Å². The number of piperidine rings is 1. The van der Waals surface area contributed by atoms with Crippen LogP contribution in [0.1, 0.15) is 37.6 Å². The number of hydrogen-bond acceptors (Lipinski definition) is 4. The van der Waals surface area contributed by atoms with E-state index in [1.165, 1.54) is 19.3 Å². The highest BCUT2D eigenvalue weighted by Crippen LogP contribution is 2.24. The molecule has 0 bridgehead atoms. The highest BCUT2D eigenvalue weighted by Gasteiger charge is 2.27. The van der Waals surface area contributed by atoms with Gasteiger partial charge in [0.1, 0.15) is 5.76 Å². The first-order valence-electron chi connectivity index (χ1n) is 6.08. The maximum Gasteiger partial charge on any atom is 0.133 e. The number of hydrogen-bond donors (Lipinski definition) is 1. The molecule has 4 heteroatoms. The molecule has 2 heterocycles. The summed E-state index contributed by atoms with van der Waals surface area (Å²) in [5.41, 5.74) is 6.85. The molecular weight excluding hydrogens is 202 g/mol. The van der Waals surface area contributed by atoms with Gasteiger partial charge in [-0.2, -0.15) is 0 Å². The largest absolute Gasteiger partial charge is 0.361 e. The lowest BCUT2D eigenvalue weighted by molar-refractivity contribution is 0.0866. The van der Waals surface area contributed by atoms with Crippen LogP contribution in [0.3, 0.4) is 0 Å². The SMILES string of the molecule is Cc1cc(CN2C(C)CCCC2CN)no1. The Morgan fingerprint density at radius 3 is 3.00 bits per heavy atom. The Labute approximate surface area is 96.8 Å². The third kappa shape index (κ3) is 2.44. The molecule has 1 aliphatic heterocycles. The fraction of sp³-hybridized carbons (Fsp3) is 0.750. The van der Waals surface area contributed by atoms with Crippen molar-refractivity contribution in [3.05, 3.63) is 17.5 Å². The minimum atomic E-state index is 0.501. The summed E-state index contributed by atoms with van der Waals surface area (Å²) in [4.78, 5) is 2.46. The van der Waals surface area contributed by atoms with Crippen molar-refractivity contribution in [2.45, 2.75) is 51.7 Å². The first-order valence-corrected chi connectivity index (χ1v) is 6.08. The molecule has 1 aromatic heterocycles. The van der Waals surface area contributed by atoms with Gasteiger partial charge in [0.05, 0.1) is 5.69 Å². The van der Waals surface area contributed by atoms with Gasteiger partial charge in [-0.3, -0.25) is 4.90 Å². The lowest BCUT2D eigenvalue weighted by atomic mass is 9.96. The van der Waals surface area contributed by atoms with Gasteiger partial charge in [0.15, 0.2) is 0 Å². The second-order valence-electron chi connectivity index (χ2n) is 4.77. The molecule has 1 saturated heterocycles. The Hall–Kier alpha value is -0.870. The minimum Gasteiger partial charge on any atom is -0.361 e. The molecule has 0 amide bonds. The summed E-state index contributed by atoms with van der Waals surface area (Å²) in [5, 5.41) is 4.06. The second-order valence-corrected chi connectivity index (χ2v) is 4.77. The maximum absolute atomic E-state index is 5.83. The molecule has 0 aliphatic carbocycles. The van der Waals surface area contributed by atoms with E-state index in [4.69, 9.17) is 10.3 Å². The second kappa shape index (κ2) is 4.97. The van der Waals surface area contributed by atoms with E-state index in [2.05, 4.69) is 17.0 Å². The standard InChI is InChI=1S/C12H21N3O/c1-9-4-3-5-12(7-13)15(9)8-11-6-10(2)16-14-11/h6,9,12H,3-5,7-8,13H2,1-2H3. The summed E-state index contributed by atoms with van der Waals surface area (Å²) >= 11 is 0. The highest BCUT2D eigenvalue weighted by molar-refractivity contribution is 5.04. The molecule has 1 fully saturated rings. The molecule has 1 aliphatic rings. The Kier molecular flexibility index (Phi) is 3.61. The highest BCUT2D eigenvalue weighted by atomic mass is 16.5. The fourth-order valence-electron chi connectivity index (χ4n) is 2.56. The summed E-state index contributed by atoms with van der Waals surface area (Å²) in [7, 11) is 0. The normalized spacial score (nSPS) is 27.2. The smallest absolute Gasteiger partial charge is 0.133 e. The molecule has 90 valence electrons. The number of aryl methyl sites for hydroxylation is 1. The molecule has 16 heavy (non-hydrogen) atoms. The van der Waals surface area contributed by atoms with Crippen molar-refractivity contribution in [1.29, 1.82) is 0 Å². The van der Waals surface area contributed by atoms with E-state index in [9.17, 15) is 0 Å². The Morgan fingerprint density at radius 1 is 1.56 bits per heavy atom. The fourth-order valence-corrected chi connectivity index (χ4v) is 2.56. The van der Waals surface area contributed by atoms with Crippen LogP contribution in [0.15, 0.2) is 10.6 Å². The molecule has 2 N–H and O–H groups in total. The zero-order chi connectivity index (χ0) is 11.5. The monoisotopic (exact) mass is 223 g/mol. The molecule has 0 spiro atoms. The van der Waals surface area contributed by atoms with Crippen LogP contribution in [-0.2, 0) is 6.54 Å². The van der Waals surface area contributed by atoms with Crippen molar-refractivity contribution in [3.63, 3.8) is 0 Å². The van der Waals surface area contributed by atoms with Crippen LogP contribution in [0.4, 0.5) is 0 Å². The summed E-state index contributed by atoms with van der Waals surface area (Å²) in [6.45, 7) is 5.80. The zero-order valence-electron chi connectivity index (χ0n) is 10.1. The molecule has 2 unspecified atom stereocenters. The summed E-state index contributed by atoms with van der Waals surface area (Å²) < 4.78 is 5.10. The average molecular weight is 223 g/mol. The van der Waals surface area contributed by atoms with Gasteiger partial charge in [-0.05, 0) is 26.7 Å². The first kappa shape index (κ1) is 11.6. The van der Waals surface area contributed by atoms with Gasteiger partial charge in [0, 0.05) is 31.2 Å². The van der Waals surface area contributed by atoms with E-state index in [0.29, 0.717) is 12.1 Å². The first-order chi connectivity index (χ1) is 7.70. The number of likely N-dealkylation sites (tertiary alicyclic amines) is 1. The van der Waals surface area contributed by atoms with Crippen LogP contribution >= 0.6 is 0 Å². The zero-order valence-corrected chi connectivity index (χ0v) is 10.1. The minimum absolute atomic E-state index is 0.501. The van der Waals surface area contributed by atoms with Crippen LogP contribution in [-0.4, -0.2) is 28.7 Å². The third-order valence-corrected chi connectivity index (χ3v) is 3.49. The molecule has 2 atom stereocenters. The van der Waals surface area contributed by atoms with Crippen molar-refractivity contribution in [3.8, 4) is 0 Å². The Morgan fingerprint density at radius 2 is 2.38 bits per heavy atom. The quantitative estimate of drug-likeness (QED) is 0.847.